The van der Waals surface area contributed by atoms with Crippen LogP contribution >= 0.6 is 23.2 Å². The lowest BCUT2D eigenvalue weighted by Gasteiger charge is -2.32. The normalized spacial score (nSPS) is 20.4. The smallest absolute Gasteiger partial charge is 0.392 e. The molecule has 112 valence electrons. The molecule has 2 nitrogen and oxygen atoms in total. The second kappa shape index (κ2) is 4.23. The summed E-state index contributed by atoms with van der Waals surface area (Å²) < 4.78 is 32.4. The van der Waals surface area contributed by atoms with Crippen LogP contribution in [0.5, 0.6) is 0 Å². The zero-order chi connectivity index (χ0) is 15.9. The minimum atomic E-state index is -4.00. The summed E-state index contributed by atoms with van der Waals surface area (Å²) in [5.74, 6) is 0. The molecule has 3 heterocycles. The molecule has 0 atom stereocenters. The van der Waals surface area contributed by atoms with Gasteiger partial charge in [0.15, 0.2) is 11.4 Å². The van der Waals surface area contributed by atoms with Gasteiger partial charge in [-0.25, -0.2) is 0 Å². The molecule has 0 aliphatic carbocycles. The highest BCUT2D eigenvalue weighted by atomic mass is 35.5. The van der Waals surface area contributed by atoms with Crippen LogP contribution in [0, 0.1) is 13.8 Å². The molecule has 0 saturated heterocycles. The van der Waals surface area contributed by atoms with E-state index in [2.05, 4.69) is 0 Å². The van der Waals surface area contributed by atoms with Gasteiger partial charge in [-0.15, -0.1) is 0 Å². The van der Waals surface area contributed by atoms with Crippen LogP contribution in [0.25, 0.3) is 5.57 Å². The first kappa shape index (κ1) is 14.9. The van der Waals surface area contributed by atoms with Crippen molar-refractivity contribution in [3.05, 3.63) is 38.3 Å². The van der Waals surface area contributed by atoms with E-state index < -0.39 is 6.97 Å². The van der Waals surface area contributed by atoms with Crippen LogP contribution in [0.4, 0.5) is 8.63 Å². The van der Waals surface area contributed by atoms with Crippen LogP contribution in [0.2, 0.25) is 5.02 Å². The molecule has 7 heteroatoms. The monoisotopic (exact) mass is 330 g/mol. The van der Waals surface area contributed by atoms with Crippen LogP contribution in [0.3, 0.4) is 0 Å². The van der Waals surface area contributed by atoms with E-state index in [1.807, 2.05) is 6.92 Å². The molecule has 21 heavy (non-hydrogen) atoms. The van der Waals surface area contributed by atoms with Gasteiger partial charge in [-0.05, 0) is 33.3 Å². The minimum absolute atomic E-state index is 0.390. The van der Waals surface area contributed by atoms with Crippen molar-refractivity contribution in [2.75, 3.05) is 0 Å². The molecule has 0 unspecified atom stereocenters. The fraction of sp³-hybridized carbons (Fsp3) is 0.357. The number of halogens is 4. The maximum absolute atomic E-state index is 15.1. The fourth-order valence-corrected chi connectivity index (χ4v) is 3.95. The summed E-state index contributed by atoms with van der Waals surface area (Å²) in [7, 11) is 0. The van der Waals surface area contributed by atoms with Gasteiger partial charge in [-0.1, -0.05) is 23.2 Å². The first-order chi connectivity index (χ1) is 9.62. The van der Waals surface area contributed by atoms with Crippen molar-refractivity contribution >= 4 is 41.5 Å². The second-order valence-electron chi connectivity index (χ2n) is 5.70. The Kier molecular flexibility index (Phi) is 2.99. The Balaban J connectivity index is 2.52. The average molecular weight is 331 g/mol. The third-order valence-corrected chi connectivity index (χ3v) is 5.65. The van der Waals surface area contributed by atoms with E-state index in [4.69, 9.17) is 23.2 Å². The first-order valence-electron chi connectivity index (χ1n) is 6.73. The summed E-state index contributed by atoms with van der Waals surface area (Å²) in [4.78, 5) is 0. The molecular weight excluding hydrogens is 316 g/mol. The number of nitrogens with zero attached hydrogens (tertiary/aromatic N) is 2. The molecule has 0 amide bonds. The Morgan fingerprint density at radius 3 is 2.14 bits per heavy atom. The largest absolute Gasteiger partial charge is 0.737 e. The van der Waals surface area contributed by atoms with Gasteiger partial charge in [-0.3, -0.25) is 0 Å². The third kappa shape index (κ3) is 1.56. The van der Waals surface area contributed by atoms with E-state index in [1.54, 1.807) is 27.7 Å². The Labute approximate surface area is 132 Å². The Bertz CT molecular complexity index is 800. The summed E-state index contributed by atoms with van der Waals surface area (Å²) in [5, 5.41) is 0.802. The Morgan fingerprint density at radius 2 is 1.57 bits per heavy atom. The lowest BCUT2D eigenvalue weighted by atomic mass is 9.86. The highest BCUT2D eigenvalue weighted by Gasteiger charge is 2.56. The highest BCUT2D eigenvalue weighted by molar-refractivity contribution is 6.60. The molecule has 1 aromatic rings. The van der Waals surface area contributed by atoms with Crippen LogP contribution in [-0.4, -0.2) is 21.6 Å². The van der Waals surface area contributed by atoms with E-state index in [0.717, 1.165) is 14.5 Å². The van der Waals surface area contributed by atoms with E-state index in [-0.39, 0.29) is 0 Å². The van der Waals surface area contributed by atoms with Crippen LogP contribution in [0.15, 0.2) is 16.3 Å². The Hall–Kier alpha value is -1.07. The van der Waals surface area contributed by atoms with Crippen LogP contribution < -0.4 is 0 Å². The van der Waals surface area contributed by atoms with Gasteiger partial charge >= 0.3 is 6.97 Å². The number of hydrogen-bond donors (Lipinski definition) is 0. The lowest BCUT2D eigenvalue weighted by Crippen LogP contribution is -2.51. The van der Waals surface area contributed by atoms with Gasteiger partial charge in [0.25, 0.3) is 0 Å². The molecule has 0 radical (unpaired) electrons. The van der Waals surface area contributed by atoms with Gasteiger partial charge in [0, 0.05) is 29.5 Å². The van der Waals surface area contributed by atoms with Gasteiger partial charge < -0.3 is 17.6 Å². The molecule has 0 aromatic carbocycles. The maximum Gasteiger partial charge on any atom is 0.737 e. The topological polar surface area (TPSA) is 7.94 Å². The maximum atomic E-state index is 15.1. The summed E-state index contributed by atoms with van der Waals surface area (Å²) in [6.45, 7) is 4.65. The highest BCUT2D eigenvalue weighted by Crippen LogP contribution is 2.45. The molecule has 0 saturated carbocycles. The molecule has 0 spiro atoms. The molecular formula is C14H15BCl2F2N2. The van der Waals surface area contributed by atoms with E-state index >= 15 is 8.63 Å². The van der Waals surface area contributed by atoms with Crippen LogP contribution in [0.1, 0.15) is 37.7 Å². The summed E-state index contributed by atoms with van der Waals surface area (Å²) >= 11 is 12.4. The zero-order valence-electron chi connectivity index (χ0n) is 12.5. The SMILES string of the molecule is CC1=C(Cl)C(C)=[N+]2C1=C(C)c1c(C)c(Cl)c(C)n1[B-]2(F)F. The standard InChI is InChI=1S/C14H15BCl2F2N2/c1-6-11(16)9(4)20-13(6)8(3)14-7(2)12(17)10(5)21(14)15(20,18)19/h1-5H3. The number of rotatable bonds is 0. The van der Waals surface area contributed by atoms with Crippen molar-refractivity contribution in [2.45, 2.75) is 34.6 Å². The molecule has 0 fully saturated rings. The fourth-order valence-electron chi connectivity index (χ4n) is 3.59. The van der Waals surface area contributed by atoms with E-state index in [1.165, 1.54) is 0 Å². The van der Waals surface area contributed by atoms with Crippen molar-refractivity contribution < 1.29 is 13.1 Å². The lowest BCUT2D eigenvalue weighted by molar-refractivity contribution is -0.363. The summed E-state index contributed by atoms with van der Waals surface area (Å²) in [5.41, 5.74) is 3.95. The van der Waals surface area contributed by atoms with Crippen molar-refractivity contribution in [1.29, 1.82) is 0 Å². The van der Waals surface area contributed by atoms with Crippen molar-refractivity contribution in [2.24, 2.45) is 0 Å². The molecule has 1 aromatic heterocycles. The molecule has 3 rings (SSSR count). The van der Waals surface area contributed by atoms with Crippen LogP contribution in [-0.2, 0) is 0 Å². The molecule has 0 N–H and O–H groups in total. The number of hydrogen-bond acceptors (Lipinski definition) is 0. The molecule has 2 aliphatic heterocycles. The number of aromatic nitrogens is 1. The number of fused-ring (bicyclic) bond motifs is 2. The van der Waals surface area contributed by atoms with E-state index in [9.17, 15) is 0 Å². The van der Waals surface area contributed by atoms with Crippen molar-refractivity contribution in [3.63, 3.8) is 0 Å². The Morgan fingerprint density at radius 1 is 1.00 bits per heavy atom. The predicted octanol–water partition coefficient (Wildman–Crippen LogP) is 4.73. The van der Waals surface area contributed by atoms with Gasteiger partial charge in [0.1, 0.15) is 5.03 Å². The van der Waals surface area contributed by atoms with Crippen molar-refractivity contribution in [3.8, 4) is 0 Å². The van der Waals surface area contributed by atoms with Gasteiger partial charge in [0.05, 0.1) is 5.02 Å². The summed E-state index contributed by atoms with van der Waals surface area (Å²) in [6, 6.07) is 0. The average Bonchev–Trinajstić information content (AvgIpc) is 2.78. The van der Waals surface area contributed by atoms with E-state index in [0.29, 0.717) is 44.0 Å². The zero-order valence-corrected chi connectivity index (χ0v) is 14.0. The minimum Gasteiger partial charge on any atom is -0.392 e. The summed E-state index contributed by atoms with van der Waals surface area (Å²) in [6.07, 6.45) is 0. The number of allylic oxidation sites excluding steroid dienone is 3. The first-order valence-corrected chi connectivity index (χ1v) is 7.48. The van der Waals surface area contributed by atoms with Gasteiger partial charge in [-0.2, -0.15) is 0 Å². The second-order valence-corrected chi connectivity index (χ2v) is 6.46. The van der Waals surface area contributed by atoms with Crippen molar-refractivity contribution in [1.82, 2.24) is 4.48 Å². The quantitative estimate of drug-likeness (QED) is 0.608. The van der Waals surface area contributed by atoms with Gasteiger partial charge in [0.2, 0.25) is 0 Å². The third-order valence-electron chi connectivity index (χ3n) is 4.54. The molecule has 2 aliphatic rings. The molecule has 0 bridgehead atoms. The predicted molar refractivity (Wildman–Crippen MR) is 84.4 cm³/mol.